The highest BCUT2D eigenvalue weighted by Crippen LogP contribution is 2.22. The van der Waals surface area contributed by atoms with Gasteiger partial charge in [-0.05, 0) is 46.4 Å². The second-order valence-electron chi connectivity index (χ2n) is 4.35. The smallest absolute Gasteiger partial charge is 0.254 e. The van der Waals surface area contributed by atoms with Crippen LogP contribution >= 0.6 is 22.6 Å². The molecule has 0 aliphatic carbocycles. The fourth-order valence-electron chi connectivity index (χ4n) is 1.82. The summed E-state index contributed by atoms with van der Waals surface area (Å²) in [6.45, 7) is -0.132. The molecular formula is C15H12F2INO2. The predicted molar refractivity (Wildman–Crippen MR) is 82.8 cm³/mol. The number of halogens is 3. The van der Waals surface area contributed by atoms with Crippen molar-refractivity contribution in [2.75, 3.05) is 6.54 Å². The molecule has 2 aromatic carbocycles. The van der Waals surface area contributed by atoms with Crippen LogP contribution in [0.3, 0.4) is 0 Å². The van der Waals surface area contributed by atoms with Gasteiger partial charge in [-0.1, -0.05) is 24.3 Å². The lowest BCUT2D eigenvalue weighted by molar-refractivity contribution is 0.0911. The molecule has 0 unspecified atom stereocenters. The molecular weight excluding hydrogens is 391 g/mol. The molecule has 6 heteroatoms. The molecule has 0 saturated heterocycles. The second kappa shape index (κ2) is 6.95. The van der Waals surface area contributed by atoms with Crippen LogP contribution < -0.4 is 5.32 Å². The van der Waals surface area contributed by atoms with Gasteiger partial charge in [-0.3, -0.25) is 4.79 Å². The first-order chi connectivity index (χ1) is 10.0. The zero-order valence-corrected chi connectivity index (χ0v) is 13.0. The Kier molecular flexibility index (Phi) is 5.24. The van der Waals surface area contributed by atoms with Crippen molar-refractivity contribution in [3.8, 4) is 0 Å². The van der Waals surface area contributed by atoms with Gasteiger partial charge in [0.15, 0.2) is 0 Å². The SMILES string of the molecule is O=C(NC[C@@H](O)c1cccc(F)c1I)c1ccccc1F. The molecule has 2 N–H and O–H groups in total. The summed E-state index contributed by atoms with van der Waals surface area (Å²) in [4.78, 5) is 11.8. The largest absolute Gasteiger partial charge is 0.387 e. The number of hydrogen-bond acceptors (Lipinski definition) is 2. The molecule has 0 fully saturated rings. The lowest BCUT2D eigenvalue weighted by Gasteiger charge is -2.14. The van der Waals surface area contributed by atoms with Crippen LogP contribution in [-0.4, -0.2) is 17.6 Å². The highest BCUT2D eigenvalue weighted by molar-refractivity contribution is 14.1. The lowest BCUT2D eigenvalue weighted by Crippen LogP contribution is -2.29. The number of hydrogen-bond donors (Lipinski definition) is 2. The highest BCUT2D eigenvalue weighted by Gasteiger charge is 2.16. The van der Waals surface area contributed by atoms with Crippen molar-refractivity contribution in [1.29, 1.82) is 0 Å². The third-order valence-corrected chi connectivity index (χ3v) is 4.05. The number of nitrogens with one attached hydrogen (secondary N) is 1. The van der Waals surface area contributed by atoms with Crippen molar-refractivity contribution in [3.63, 3.8) is 0 Å². The zero-order valence-electron chi connectivity index (χ0n) is 10.8. The van der Waals surface area contributed by atoms with E-state index in [-0.39, 0.29) is 12.1 Å². The van der Waals surface area contributed by atoms with E-state index in [1.807, 2.05) is 0 Å². The fourth-order valence-corrected chi connectivity index (χ4v) is 2.54. The summed E-state index contributed by atoms with van der Waals surface area (Å²) in [5.41, 5.74) is 0.281. The molecule has 2 aromatic rings. The molecule has 1 atom stereocenters. The van der Waals surface area contributed by atoms with E-state index >= 15 is 0 Å². The fraction of sp³-hybridized carbons (Fsp3) is 0.133. The Morgan fingerprint density at radius 2 is 1.81 bits per heavy atom. The summed E-state index contributed by atoms with van der Waals surface area (Å²) in [6, 6.07) is 9.90. The molecule has 0 aliphatic heterocycles. The molecule has 110 valence electrons. The summed E-state index contributed by atoms with van der Waals surface area (Å²) in [5.74, 6) is -1.70. The molecule has 0 heterocycles. The van der Waals surface area contributed by atoms with Crippen molar-refractivity contribution >= 4 is 28.5 Å². The van der Waals surface area contributed by atoms with E-state index in [1.54, 1.807) is 34.7 Å². The number of benzene rings is 2. The van der Waals surface area contributed by atoms with Crippen molar-refractivity contribution in [3.05, 3.63) is 68.8 Å². The Balaban J connectivity index is 2.04. The monoisotopic (exact) mass is 403 g/mol. The average molecular weight is 403 g/mol. The molecule has 2 rings (SSSR count). The van der Waals surface area contributed by atoms with Gasteiger partial charge in [0.05, 0.1) is 15.2 Å². The van der Waals surface area contributed by atoms with Crippen LogP contribution in [0.2, 0.25) is 0 Å². The maximum Gasteiger partial charge on any atom is 0.254 e. The van der Waals surface area contributed by atoms with E-state index in [1.165, 1.54) is 30.3 Å². The van der Waals surface area contributed by atoms with Crippen LogP contribution in [0.15, 0.2) is 42.5 Å². The Bertz CT molecular complexity index is 664. The van der Waals surface area contributed by atoms with E-state index in [0.717, 1.165) is 0 Å². The van der Waals surface area contributed by atoms with E-state index in [9.17, 15) is 18.7 Å². The van der Waals surface area contributed by atoms with Gasteiger partial charge < -0.3 is 10.4 Å². The van der Waals surface area contributed by atoms with Gasteiger partial charge in [0.2, 0.25) is 0 Å². The molecule has 0 radical (unpaired) electrons. The summed E-state index contributed by atoms with van der Waals surface area (Å²) in [5, 5.41) is 12.4. The minimum Gasteiger partial charge on any atom is -0.387 e. The number of rotatable bonds is 4. The molecule has 0 bridgehead atoms. The van der Waals surface area contributed by atoms with Crippen LogP contribution in [0, 0.1) is 15.2 Å². The van der Waals surface area contributed by atoms with E-state index in [2.05, 4.69) is 5.32 Å². The van der Waals surface area contributed by atoms with Gasteiger partial charge in [-0.25, -0.2) is 8.78 Å². The second-order valence-corrected chi connectivity index (χ2v) is 5.43. The molecule has 3 nitrogen and oxygen atoms in total. The molecule has 1 amide bonds. The summed E-state index contributed by atoms with van der Waals surface area (Å²) >= 11 is 1.79. The molecule has 0 saturated carbocycles. The number of aliphatic hydroxyl groups is 1. The number of amides is 1. The van der Waals surface area contributed by atoms with Gasteiger partial charge in [0, 0.05) is 6.54 Å². The molecule has 0 aromatic heterocycles. The zero-order chi connectivity index (χ0) is 15.4. The maximum atomic E-state index is 13.4. The van der Waals surface area contributed by atoms with Crippen molar-refractivity contribution in [1.82, 2.24) is 5.32 Å². The van der Waals surface area contributed by atoms with E-state index in [4.69, 9.17) is 0 Å². The van der Waals surface area contributed by atoms with Crippen molar-refractivity contribution < 1.29 is 18.7 Å². The summed E-state index contributed by atoms with van der Waals surface area (Å²) in [6.07, 6.45) is -1.07. The molecule has 0 spiro atoms. The van der Waals surface area contributed by atoms with Crippen LogP contribution in [0.5, 0.6) is 0 Å². The van der Waals surface area contributed by atoms with Gasteiger partial charge in [0.25, 0.3) is 5.91 Å². The average Bonchev–Trinajstić information content (AvgIpc) is 2.47. The van der Waals surface area contributed by atoms with Crippen molar-refractivity contribution in [2.24, 2.45) is 0 Å². The van der Waals surface area contributed by atoms with Crippen molar-refractivity contribution in [2.45, 2.75) is 6.10 Å². The number of carbonyl (C=O) groups excluding carboxylic acids is 1. The van der Waals surface area contributed by atoms with Crippen LogP contribution in [0.1, 0.15) is 22.0 Å². The minimum absolute atomic E-state index is 0.0985. The number of aliphatic hydroxyl groups excluding tert-OH is 1. The topological polar surface area (TPSA) is 49.3 Å². The first-order valence-corrected chi connectivity index (χ1v) is 7.23. The van der Waals surface area contributed by atoms with Gasteiger partial charge in [0.1, 0.15) is 11.6 Å². The third kappa shape index (κ3) is 3.76. The highest BCUT2D eigenvalue weighted by atomic mass is 127. The number of carbonyl (C=O) groups is 1. The van der Waals surface area contributed by atoms with Crippen LogP contribution in [0.25, 0.3) is 0 Å². The third-order valence-electron chi connectivity index (χ3n) is 2.91. The first-order valence-electron chi connectivity index (χ1n) is 6.15. The van der Waals surface area contributed by atoms with Gasteiger partial charge in [-0.15, -0.1) is 0 Å². The van der Waals surface area contributed by atoms with Gasteiger partial charge in [-0.2, -0.15) is 0 Å². The first kappa shape index (κ1) is 15.8. The Morgan fingerprint density at radius 1 is 1.14 bits per heavy atom. The Morgan fingerprint density at radius 3 is 2.52 bits per heavy atom. The van der Waals surface area contributed by atoms with Gasteiger partial charge >= 0.3 is 0 Å². The molecule has 0 aliphatic rings. The standard InChI is InChI=1S/C15H12F2INO2/c16-11-6-2-1-4-9(11)15(21)19-8-13(20)10-5-3-7-12(17)14(10)18/h1-7,13,20H,8H2,(H,19,21)/t13-/m1/s1. The minimum atomic E-state index is -1.07. The summed E-state index contributed by atoms with van der Waals surface area (Å²) in [7, 11) is 0. The Labute approximate surface area is 134 Å². The lowest BCUT2D eigenvalue weighted by atomic mass is 10.1. The predicted octanol–water partition coefficient (Wildman–Crippen LogP) is 3.03. The molecule has 21 heavy (non-hydrogen) atoms. The summed E-state index contributed by atoms with van der Waals surface area (Å²) < 4.78 is 27.1. The maximum absolute atomic E-state index is 13.4. The quantitative estimate of drug-likeness (QED) is 0.772. The normalized spacial score (nSPS) is 12.0. The van der Waals surface area contributed by atoms with E-state index in [0.29, 0.717) is 9.13 Å². The Hall–Kier alpha value is -1.54. The van der Waals surface area contributed by atoms with E-state index < -0.39 is 23.6 Å². The van der Waals surface area contributed by atoms with Crippen LogP contribution in [0.4, 0.5) is 8.78 Å². The van der Waals surface area contributed by atoms with Crippen LogP contribution in [-0.2, 0) is 0 Å².